The summed E-state index contributed by atoms with van der Waals surface area (Å²) in [5, 5.41) is 10.0. The predicted octanol–water partition coefficient (Wildman–Crippen LogP) is 3.19. The van der Waals surface area contributed by atoms with Crippen LogP contribution in [0.3, 0.4) is 0 Å². The van der Waals surface area contributed by atoms with Crippen molar-refractivity contribution in [3.8, 4) is 0 Å². The van der Waals surface area contributed by atoms with Crippen LogP contribution in [-0.4, -0.2) is 28.7 Å². The number of nitrogens with zero attached hydrogens (tertiary/aromatic N) is 1. The summed E-state index contributed by atoms with van der Waals surface area (Å²) in [5.41, 5.74) is 0.879. The van der Waals surface area contributed by atoms with E-state index >= 15 is 0 Å². The first kappa shape index (κ1) is 13.1. The van der Waals surface area contributed by atoms with E-state index in [1.165, 1.54) is 5.56 Å². The molecule has 2 rings (SSSR count). The van der Waals surface area contributed by atoms with E-state index in [9.17, 15) is 5.11 Å². The standard InChI is InChI=1S/C14H20BrNO/c1-14(17)7-2-9-16(10-8-14)11-12-3-5-13(15)6-4-12/h3-6,17H,2,7-11H2,1H3. The fourth-order valence-corrected chi connectivity index (χ4v) is 2.59. The quantitative estimate of drug-likeness (QED) is 0.906. The molecule has 0 bridgehead atoms. The summed E-state index contributed by atoms with van der Waals surface area (Å²) >= 11 is 3.45. The molecule has 1 heterocycles. The van der Waals surface area contributed by atoms with E-state index in [2.05, 4.69) is 45.1 Å². The van der Waals surface area contributed by atoms with Gasteiger partial charge >= 0.3 is 0 Å². The molecule has 0 saturated carbocycles. The molecule has 1 aromatic rings. The average Bonchev–Trinajstić information content (AvgIpc) is 2.44. The molecule has 0 aromatic heterocycles. The lowest BCUT2D eigenvalue weighted by Gasteiger charge is -2.22. The van der Waals surface area contributed by atoms with Crippen molar-refractivity contribution >= 4 is 15.9 Å². The first-order chi connectivity index (χ1) is 8.05. The Morgan fingerprint density at radius 3 is 2.65 bits per heavy atom. The van der Waals surface area contributed by atoms with Gasteiger partial charge in [-0.2, -0.15) is 0 Å². The third-order valence-electron chi connectivity index (χ3n) is 3.48. The van der Waals surface area contributed by atoms with Gasteiger partial charge in [0.15, 0.2) is 0 Å². The van der Waals surface area contributed by atoms with Crippen molar-refractivity contribution in [1.82, 2.24) is 4.90 Å². The molecule has 1 aromatic carbocycles. The van der Waals surface area contributed by atoms with Crippen molar-refractivity contribution in [2.45, 2.75) is 38.3 Å². The highest BCUT2D eigenvalue weighted by molar-refractivity contribution is 9.10. The van der Waals surface area contributed by atoms with E-state index in [4.69, 9.17) is 0 Å². The molecule has 0 spiro atoms. The maximum absolute atomic E-state index is 10.0. The SMILES string of the molecule is CC1(O)CCCN(Cc2ccc(Br)cc2)CC1. The molecule has 0 radical (unpaired) electrons. The number of hydrogen-bond acceptors (Lipinski definition) is 2. The highest BCUT2D eigenvalue weighted by Gasteiger charge is 2.24. The van der Waals surface area contributed by atoms with Crippen LogP contribution >= 0.6 is 15.9 Å². The van der Waals surface area contributed by atoms with E-state index in [0.29, 0.717) is 0 Å². The van der Waals surface area contributed by atoms with Crippen LogP contribution in [0.4, 0.5) is 0 Å². The first-order valence-electron chi connectivity index (χ1n) is 6.24. The van der Waals surface area contributed by atoms with Gasteiger partial charge in [-0.05, 0) is 50.4 Å². The second-order valence-corrected chi connectivity index (χ2v) is 6.17. The Kier molecular flexibility index (Phi) is 4.23. The normalized spacial score (nSPS) is 26.8. The molecule has 94 valence electrons. The van der Waals surface area contributed by atoms with Crippen molar-refractivity contribution in [1.29, 1.82) is 0 Å². The van der Waals surface area contributed by atoms with Gasteiger partial charge in [-0.25, -0.2) is 0 Å². The van der Waals surface area contributed by atoms with E-state index in [0.717, 1.165) is 43.4 Å². The monoisotopic (exact) mass is 297 g/mol. The Labute approximate surface area is 112 Å². The van der Waals surface area contributed by atoms with Gasteiger partial charge < -0.3 is 5.11 Å². The topological polar surface area (TPSA) is 23.5 Å². The minimum Gasteiger partial charge on any atom is -0.390 e. The Morgan fingerprint density at radius 1 is 1.24 bits per heavy atom. The van der Waals surface area contributed by atoms with Crippen LogP contribution in [0.25, 0.3) is 0 Å². The van der Waals surface area contributed by atoms with Gasteiger partial charge in [0, 0.05) is 17.6 Å². The van der Waals surface area contributed by atoms with Crippen LogP contribution in [0.2, 0.25) is 0 Å². The zero-order chi connectivity index (χ0) is 12.3. The lowest BCUT2D eigenvalue weighted by atomic mass is 9.98. The number of hydrogen-bond donors (Lipinski definition) is 1. The van der Waals surface area contributed by atoms with Gasteiger partial charge in [-0.1, -0.05) is 28.1 Å². The van der Waals surface area contributed by atoms with Crippen LogP contribution < -0.4 is 0 Å². The lowest BCUT2D eigenvalue weighted by Crippen LogP contribution is -2.28. The van der Waals surface area contributed by atoms with E-state index in [1.54, 1.807) is 0 Å². The summed E-state index contributed by atoms with van der Waals surface area (Å²) < 4.78 is 1.13. The third-order valence-corrected chi connectivity index (χ3v) is 4.00. The van der Waals surface area contributed by atoms with Crippen molar-refractivity contribution in [2.24, 2.45) is 0 Å². The maximum Gasteiger partial charge on any atom is 0.0632 e. The van der Waals surface area contributed by atoms with Crippen molar-refractivity contribution in [3.05, 3.63) is 34.3 Å². The highest BCUT2D eigenvalue weighted by Crippen LogP contribution is 2.22. The fourth-order valence-electron chi connectivity index (χ4n) is 2.33. The predicted molar refractivity (Wildman–Crippen MR) is 73.9 cm³/mol. The average molecular weight is 298 g/mol. The largest absolute Gasteiger partial charge is 0.390 e. The number of likely N-dealkylation sites (tertiary alicyclic amines) is 1. The Bertz CT molecular complexity index is 361. The van der Waals surface area contributed by atoms with Crippen LogP contribution in [-0.2, 0) is 6.54 Å². The maximum atomic E-state index is 10.0. The molecule has 1 fully saturated rings. The first-order valence-corrected chi connectivity index (χ1v) is 7.04. The summed E-state index contributed by atoms with van der Waals surface area (Å²) in [5.74, 6) is 0. The van der Waals surface area contributed by atoms with Gasteiger partial charge in [0.2, 0.25) is 0 Å². The van der Waals surface area contributed by atoms with Crippen LogP contribution in [0.5, 0.6) is 0 Å². The second kappa shape index (κ2) is 5.51. The second-order valence-electron chi connectivity index (χ2n) is 5.25. The highest BCUT2D eigenvalue weighted by atomic mass is 79.9. The summed E-state index contributed by atoms with van der Waals surface area (Å²) in [7, 11) is 0. The van der Waals surface area contributed by atoms with E-state index in [1.807, 2.05) is 6.92 Å². The lowest BCUT2D eigenvalue weighted by molar-refractivity contribution is 0.0444. The molecule has 1 saturated heterocycles. The smallest absolute Gasteiger partial charge is 0.0632 e. The summed E-state index contributed by atoms with van der Waals surface area (Å²) in [4.78, 5) is 2.44. The van der Waals surface area contributed by atoms with Crippen LogP contribution in [0.1, 0.15) is 31.7 Å². The zero-order valence-electron chi connectivity index (χ0n) is 10.3. The number of aliphatic hydroxyl groups is 1. The van der Waals surface area contributed by atoms with Gasteiger partial charge in [0.1, 0.15) is 0 Å². The molecule has 17 heavy (non-hydrogen) atoms. The molecule has 0 aliphatic carbocycles. The number of halogens is 1. The third kappa shape index (κ3) is 4.09. The van der Waals surface area contributed by atoms with Crippen molar-refractivity contribution in [3.63, 3.8) is 0 Å². The van der Waals surface area contributed by atoms with Crippen molar-refractivity contribution in [2.75, 3.05) is 13.1 Å². The summed E-state index contributed by atoms with van der Waals surface area (Å²) in [6.07, 6.45) is 2.89. The van der Waals surface area contributed by atoms with Crippen LogP contribution in [0, 0.1) is 0 Å². The molecular formula is C14H20BrNO. The molecule has 1 aliphatic rings. The summed E-state index contributed by atoms with van der Waals surface area (Å²) in [6.45, 7) is 5.02. The number of benzene rings is 1. The Hall–Kier alpha value is -0.380. The van der Waals surface area contributed by atoms with E-state index < -0.39 is 5.60 Å². The molecule has 1 aliphatic heterocycles. The van der Waals surface area contributed by atoms with Gasteiger partial charge in [0.25, 0.3) is 0 Å². The van der Waals surface area contributed by atoms with Crippen molar-refractivity contribution < 1.29 is 5.11 Å². The Morgan fingerprint density at radius 2 is 1.94 bits per heavy atom. The molecular weight excluding hydrogens is 278 g/mol. The molecule has 1 atom stereocenters. The molecule has 0 amide bonds. The zero-order valence-corrected chi connectivity index (χ0v) is 11.9. The summed E-state index contributed by atoms with van der Waals surface area (Å²) in [6, 6.07) is 8.49. The van der Waals surface area contributed by atoms with Gasteiger partial charge in [-0.15, -0.1) is 0 Å². The van der Waals surface area contributed by atoms with E-state index in [-0.39, 0.29) is 0 Å². The van der Waals surface area contributed by atoms with Gasteiger partial charge in [-0.3, -0.25) is 4.90 Å². The minimum atomic E-state index is -0.464. The molecule has 3 heteroatoms. The molecule has 2 nitrogen and oxygen atoms in total. The fraction of sp³-hybridized carbons (Fsp3) is 0.571. The molecule has 1 unspecified atom stereocenters. The number of rotatable bonds is 2. The van der Waals surface area contributed by atoms with Crippen LogP contribution in [0.15, 0.2) is 28.7 Å². The molecule has 1 N–H and O–H groups in total. The van der Waals surface area contributed by atoms with Gasteiger partial charge in [0.05, 0.1) is 5.60 Å². The Balaban J connectivity index is 1.93. The minimum absolute atomic E-state index is 0.464.